The summed E-state index contributed by atoms with van der Waals surface area (Å²) in [5, 5.41) is 2.73. The van der Waals surface area contributed by atoms with E-state index >= 15 is 0 Å². The lowest BCUT2D eigenvalue weighted by molar-refractivity contribution is -0.114. The molecule has 5 heteroatoms. The Labute approximate surface area is 115 Å². The minimum absolute atomic E-state index is 0.0579. The van der Waals surface area contributed by atoms with Crippen LogP contribution in [0.4, 0.5) is 5.69 Å². The van der Waals surface area contributed by atoms with Gasteiger partial charge in [-0.2, -0.15) is 0 Å². The molecular formula is C12H13Cl2NOS. The van der Waals surface area contributed by atoms with Crippen molar-refractivity contribution in [2.75, 3.05) is 11.1 Å². The summed E-state index contributed by atoms with van der Waals surface area (Å²) < 4.78 is -0.497. The Hall–Kier alpha value is -0.380. The fraction of sp³-hybridized carbons (Fsp3) is 0.417. The first-order valence-corrected chi connectivity index (χ1v) is 7.10. The second-order valence-corrected chi connectivity index (χ2v) is 6.81. The van der Waals surface area contributed by atoms with Crippen LogP contribution in [0, 0.1) is 5.92 Å². The Balaban J connectivity index is 1.84. The molecule has 0 bridgehead atoms. The monoisotopic (exact) mass is 289 g/mol. The number of carbonyl (C=O) groups is 1. The molecule has 17 heavy (non-hydrogen) atoms. The molecule has 1 atom stereocenters. The molecule has 1 aromatic rings. The number of amides is 1. The Kier molecular flexibility index (Phi) is 3.91. The van der Waals surface area contributed by atoms with Crippen molar-refractivity contribution >= 4 is 46.6 Å². The van der Waals surface area contributed by atoms with Crippen LogP contribution in [0.2, 0.25) is 0 Å². The molecule has 1 aliphatic carbocycles. The van der Waals surface area contributed by atoms with E-state index < -0.39 is 4.33 Å². The number of benzene rings is 1. The predicted molar refractivity (Wildman–Crippen MR) is 74.0 cm³/mol. The van der Waals surface area contributed by atoms with Gasteiger partial charge in [-0.05, 0) is 30.7 Å². The third-order valence-corrected chi connectivity index (χ3v) is 4.68. The zero-order chi connectivity index (χ0) is 12.5. The van der Waals surface area contributed by atoms with E-state index in [0.29, 0.717) is 5.92 Å². The van der Waals surface area contributed by atoms with Gasteiger partial charge in [0.15, 0.2) is 0 Å². The lowest BCUT2D eigenvalue weighted by atomic mass is 10.3. The van der Waals surface area contributed by atoms with E-state index in [1.165, 1.54) is 6.92 Å². The quantitative estimate of drug-likeness (QED) is 0.672. The lowest BCUT2D eigenvalue weighted by Gasteiger charge is -2.04. The Morgan fingerprint density at radius 1 is 1.47 bits per heavy atom. The average molecular weight is 290 g/mol. The summed E-state index contributed by atoms with van der Waals surface area (Å²) in [4.78, 5) is 12.0. The SMILES string of the molecule is CC(=O)Nc1ccc(SC[C@H]2CC2(Cl)Cl)cc1. The van der Waals surface area contributed by atoms with Crippen LogP contribution in [-0.4, -0.2) is 16.0 Å². The van der Waals surface area contributed by atoms with Crippen LogP contribution in [0.1, 0.15) is 13.3 Å². The van der Waals surface area contributed by atoms with E-state index in [-0.39, 0.29) is 5.91 Å². The highest BCUT2D eigenvalue weighted by Crippen LogP contribution is 2.54. The van der Waals surface area contributed by atoms with E-state index in [0.717, 1.165) is 22.8 Å². The lowest BCUT2D eigenvalue weighted by Crippen LogP contribution is -2.05. The maximum atomic E-state index is 10.8. The van der Waals surface area contributed by atoms with Gasteiger partial charge in [0.2, 0.25) is 5.91 Å². The number of carbonyl (C=O) groups excluding carboxylic acids is 1. The molecule has 2 nitrogen and oxygen atoms in total. The van der Waals surface area contributed by atoms with E-state index in [4.69, 9.17) is 23.2 Å². The predicted octanol–water partition coefficient (Wildman–Crippen LogP) is 3.93. The number of halogens is 2. The van der Waals surface area contributed by atoms with Crippen LogP contribution in [0.5, 0.6) is 0 Å². The first kappa shape index (κ1) is 13.1. The molecule has 0 radical (unpaired) electrons. The van der Waals surface area contributed by atoms with Crippen LogP contribution in [0.3, 0.4) is 0 Å². The summed E-state index contributed by atoms with van der Waals surface area (Å²) in [6, 6.07) is 7.77. The van der Waals surface area contributed by atoms with E-state index in [1.54, 1.807) is 11.8 Å². The zero-order valence-electron chi connectivity index (χ0n) is 9.37. The topological polar surface area (TPSA) is 29.1 Å². The first-order chi connectivity index (χ1) is 7.97. The summed E-state index contributed by atoms with van der Waals surface area (Å²) in [6.45, 7) is 1.50. The number of hydrogen-bond donors (Lipinski definition) is 1. The molecule has 1 aliphatic rings. The van der Waals surface area contributed by atoms with Crippen molar-refractivity contribution in [1.29, 1.82) is 0 Å². The highest BCUT2D eigenvalue weighted by Gasteiger charge is 2.51. The summed E-state index contributed by atoms with van der Waals surface area (Å²) in [5.74, 6) is 1.27. The summed E-state index contributed by atoms with van der Waals surface area (Å²) in [5.41, 5.74) is 0.817. The van der Waals surface area contributed by atoms with Gasteiger partial charge in [-0.1, -0.05) is 0 Å². The molecule has 0 unspecified atom stereocenters. The Bertz CT molecular complexity index is 419. The van der Waals surface area contributed by atoms with E-state index in [9.17, 15) is 4.79 Å². The van der Waals surface area contributed by atoms with Crippen LogP contribution >= 0.6 is 35.0 Å². The van der Waals surface area contributed by atoms with Gasteiger partial charge in [0.1, 0.15) is 4.33 Å². The Morgan fingerprint density at radius 2 is 2.06 bits per heavy atom. The first-order valence-electron chi connectivity index (χ1n) is 5.35. The molecule has 92 valence electrons. The van der Waals surface area contributed by atoms with Gasteiger partial charge in [0.05, 0.1) is 0 Å². The maximum Gasteiger partial charge on any atom is 0.221 e. The summed E-state index contributed by atoms with van der Waals surface area (Å²) in [7, 11) is 0. The van der Waals surface area contributed by atoms with Gasteiger partial charge in [-0.15, -0.1) is 35.0 Å². The summed E-state index contributed by atoms with van der Waals surface area (Å²) >= 11 is 13.7. The molecule has 0 aromatic heterocycles. The van der Waals surface area contributed by atoms with Crippen LogP contribution < -0.4 is 5.32 Å². The molecular weight excluding hydrogens is 277 g/mol. The highest BCUT2D eigenvalue weighted by atomic mass is 35.5. The molecule has 1 amide bonds. The van der Waals surface area contributed by atoms with Crippen LogP contribution in [-0.2, 0) is 4.79 Å². The van der Waals surface area contributed by atoms with Gasteiger partial charge in [-0.25, -0.2) is 0 Å². The van der Waals surface area contributed by atoms with Gasteiger partial charge in [0.25, 0.3) is 0 Å². The summed E-state index contributed by atoms with van der Waals surface area (Å²) in [6.07, 6.45) is 0.882. The van der Waals surface area contributed by atoms with Crippen molar-refractivity contribution in [3.05, 3.63) is 24.3 Å². The number of rotatable bonds is 4. The molecule has 1 saturated carbocycles. The standard InChI is InChI=1S/C12H13Cl2NOS/c1-8(16)15-10-2-4-11(5-3-10)17-7-9-6-12(9,13)14/h2-5,9H,6-7H2,1H3,(H,15,16)/t9-/m1/s1. The third kappa shape index (κ3) is 3.80. The number of alkyl halides is 2. The minimum atomic E-state index is -0.497. The van der Waals surface area contributed by atoms with Gasteiger partial charge in [-0.3, -0.25) is 4.79 Å². The normalized spacial score (nSPS) is 21.0. The molecule has 0 spiro atoms. The van der Waals surface area contributed by atoms with Gasteiger partial charge < -0.3 is 5.32 Å². The largest absolute Gasteiger partial charge is 0.326 e. The van der Waals surface area contributed by atoms with Crippen molar-refractivity contribution in [2.24, 2.45) is 5.92 Å². The fourth-order valence-electron chi connectivity index (χ4n) is 1.49. The van der Waals surface area contributed by atoms with Crippen molar-refractivity contribution in [3.63, 3.8) is 0 Å². The molecule has 1 aromatic carbocycles. The Morgan fingerprint density at radius 3 is 2.53 bits per heavy atom. The van der Waals surface area contributed by atoms with Crippen molar-refractivity contribution in [3.8, 4) is 0 Å². The average Bonchev–Trinajstić information content (AvgIpc) is 2.85. The second kappa shape index (κ2) is 5.09. The van der Waals surface area contributed by atoms with Gasteiger partial charge in [0, 0.05) is 29.2 Å². The smallest absolute Gasteiger partial charge is 0.221 e. The zero-order valence-corrected chi connectivity index (χ0v) is 11.7. The number of thioether (sulfide) groups is 1. The second-order valence-electron chi connectivity index (χ2n) is 4.18. The van der Waals surface area contributed by atoms with Crippen LogP contribution in [0.15, 0.2) is 29.2 Å². The maximum absolute atomic E-state index is 10.8. The van der Waals surface area contributed by atoms with Crippen molar-refractivity contribution in [1.82, 2.24) is 0 Å². The highest BCUT2D eigenvalue weighted by molar-refractivity contribution is 7.99. The molecule has 1 fully saturated rings. The molecule has 0 heterocycles. The molecule has 0 saturated heterocycles. The minimum Gasteiger partial charge on any atom is -0.326 e. The third-order valence-electron chi connectivity index (χ3n) is 2.58. The molecule has 1 N–H and O–H groups in total. The van der Waals surface area contributed by atoms with Crippen molar-refractivity contribution in [2.45, 2.75) is 22.6 Å². The van der Waals surface area contributed by atoms with Gasteiger partial charge >= 0.3 is 0 Å². The number of anilines is 1. The van der Waals surface area contributed by atoms with E-state index in [2.05, 4.69) is 5.32 Å². The van der Waals surface area contributed by atoms with E-state index in [1.807, 2.05) is 24.3 Å². The molecule has 2 rings (SSSR count). The van der Waals surface area contributed by atoms with Crippen molar-refractivity contribution < 1.29 is 4.79 Å². The number of hydrogen-bond acceptors (Lipinski definition) is 2. The number of nitrogens with one attached hydrogen (secondary N) is 1. The van der Waals surface area contributed by atoms with Crippen LogP contribution in [0.25, 0.3) is 0 Å². The fourth-order valence-corrected chi connectivity index (χ4v) is 3.32. The molecule has 0 aliphatic heterocycles.